The molecule has 0 fully saturated rings. The molecular weight excluding hydrogens is 188 g/mol. The van der Waals surface area contributed by atoms with E-state index in [0.717, 1.165) is 6.04 Å². The second-order valence-corrected chi connectivity index (χ2v) is 6.41. The van der Waals surface area contributed by atoms with Crippen LogP contribution in [0, 0.1) is 0 Å². The van der Waals surface area contributed by atoms with Gasteiger partial charge in [0.15, 0.2) is 0 Å². The number of hydrogen-bond donors (Lipinski definition) is 0. The third kappa shape index (κ3) is 5.04. The second kappa shape index (κ2) is 6.15. The van der Waals surface area contributed by atoms with Crippen LogP contribution in [-0.2, 0) is 18.6 Å². The molecule has 0 aromatic rings. The summed E-state index contributed by atoms with van der Waals surface area (Å²) >= 11 is 0. The Hall–Kier alpha value is -0.363. The maximum absolute atomic E-state index is 5.29. The Labute approximate surface area is 80.6 Å². The van der Waals surface area contributed by atoms with Crippen LogP contribution in [0.2, 0.25) is 12.6 Å². The highest BCUT2D eigenvalue weighted by Crippen LogP contribution is 2.17. The predicted molar refractivity (Wildman–Crippen MR) is 52.3 cm³/mol. The molecular formula is C8H18O4Si. The summed E-state index contributed by atoms with van der Waals surface area (Å²) in [4.78, 5) is 9.21. The fraction of sp³-hybridized carbons (Fsp3) is 0.750. The van der Waals surface area contributed by atoms with Gasteiger partial charge in [-0.05, 0) is 12.6 Å². The molecule has 0 aliphatic rings. The summed E-state index contributed by atoms with van der Waals surface area (Å²) < 4.78 is 10.6. The van der Waals surface area contributed by atoms with E-state index in [1.807, 2.05) is 6.55 Å². The highest BCUT2D eigenvalue weighted by atomic mass is 28.4. The monoisotopic (exact) mass is 206 g/mol. The molecule has 5 heteroatoms. The van der Waals surface area contributed by atoms with Gasteiger partial charge in [0.25, 0.3) is 0 Å². The van der Waals surface area contributed by atoms with Crippen molar-refractivity contribution in [1.29, 1.82) is 0 Å². The van der Waals surface area contributed by atoms with Gasteiger partial charge in [-0.25, -0.2) is 0 Å². The van der Waals surface area contributed by atoms with Crippen molar-refractivity contribution in [3.05, 3.63) is 12.3 Å². The molecule has 0 bridgehead atoms. The minimum Gasteiger partial charge on any atom is -0.398 e. The minimum absolute atomic E-state index is 0.593. The predicted octanol–water partition coefficient (Wildman–Crippen LogP) is 1.83. The van der Waals surface area contributed by atoms with Gasteiger partial charge in [-0.3, -0.25) is 0 Å². The Bertz CT molecular complexity index is 156. The molecule has 0 N–H and O–H groups in total. The summed E-state index contributed by atoms with van der Waals surface area (Å²) in [6, 6.07) is 0.808. The molecule has 0 spiro atoms. The minimum atomic E-state index is -1.99. The lowest BCUT2D eigenvalue weighted by Gasteiger charge is -2.22. The van der Waals surface area contributed by atoms with Crippen molar-refractivity contribution in [3.63, 3.8) is 0 Å². The highest BCUT2D eigenvalue weighted by Gasteiger charge is 2.28. The first-order valence-corrected chi connectivity index (χ1v) is 6.59. The first-order valence-electron chi connectivity index (χ1n) is 4.06. The van der Waals surface area contributed by atoms with E-state index in [9.17, 15) is 0 Å². The van der Waals surface area contributed by atoms with E-state index in [-0.39, 0.29) is 0 Å². The van der Waals surface area contributed by atoms with E-state index in [2.05, 4.69) is 11.5 Å². The van der Waals surface area contributed by atoms with Crippen LogP contribution in [0.3, 0.4) is 0 Å². The van der Waals surface area contributed by atoms with E-state index in [4.69, 9.17) is 13.7 Å². The van der Waals surface area contributed by atoms with Crippen LogP contribution in [-0.4, -0.2) is 29.9 Å². The molecule has 0 radical (unpaired) electrons. The standard InChI is InChI=1S/C8H18O4Si/c1-8(12-9-2)6-7-13(5,10-3)11-4/h1,6-7H2,2-5H3. The normalized spacial score (nSPS) is 11.4. The molecule has 0 aliphatic heterocycles. The molecule has 0 amide bonds. The zero-order valence-corrected chi connectivity index (χ0v) is 9.75. The van der Waals surface area contributed by atoms with Gasteiger partial charge in [0.2, 0.25) is 0 Å². The molecule has 0 heterocycles. The van der Waals surface area contributed by atoms with Crippen LogP contribution in [0.5, 0.6) is 0 Å². The molecule has 0 aromatic heterocycles. The van der Waals surface area contributed by atoms with Crippen molar-refractivity contribution in [2.75, 3.05) is 21.3 Å². The van der Waals surface area contributed by atoms with Crippen molar-refractivity contribution in [2.24, 2.45) is 0 Å². The van der Waals surface area contributed by atoms with Gasteiger partial charge < -0.3 is 13.7 Å². The quantitative estimate of drug-likeness (QED) is 0.276. The van der Waals surface area contributed by atoms with Gasteiger partial charge in [-0.15, -0.1) is 0 Å². The van der Waals surface area contributed by atoms with Crippen molar-refractivity contribution >= 4 is 8.56 Å². The van der Waals surface area contributed by atoms with Crippen molar-refractivity contribution in [2.45, 2.75) is 19.0 Å². The first kappa shape index (κ1) is 12.6. The molecule has 0 unspecified atom stereocenters. The highest BCUT2D eigenvalue weighted by molar-refractivity contribution is 6.65. The third-order valence-electron chi connectivity index (χ3n) is 1.92. The first-order chi connectivity index (χ1) is 6.08. The van der Waals surface area contributed by atoms with E-state index >= 15 is 0 Å². The summed E-state index contributed by atoms with van der Waals surface area (Å²) in [7, 11) is 2.79. The van der Waals surface area contributed by atoms with Crippen LogP contribution in [0.4, 0.5) is 0 Å². The number of rotatable bonds is 7. The number of hydrogen-bond acceptors (Lipinski definition) is 4. The molecule has 13 heavy (non-hydrogen) atoms. The summed E-state index contributed by atoms with van der Waals surface area (Å²) in [6.07, 6.45) is 0.693. The van der Waals surface area contributed by atoms with Gasteiger partial charge in [0.05, 0.1) is 7.11 Å². The molecule has 0 aromatic carbocycles. The molecule has 0 saturated heterocycles. The molecule has 0 aliphatic carbocycles. The van der Waals surface area contributed by atoms with Gasteiger partial charge in [-0.2, -0.15) is 4.89 Å². The van der Waals surface area contributed by atoms with Gasteiger partial charge in [0, 0.05) is 20.6 Å². The maximum Gasteiger partial charge on any atom is 0.334 e. The van der Waals surface area contributed by atoms with E-state index in [1.165, 1.54) is 7.11 Å². The molecule has 0 saturated carbocycles. The number of allylic oxidation sites excluding steroid dienone is 1. The molecule has 78 valence electrons. The van der Waals surface area contributed by atoms with Crippen LogP contribution < -0.4 is 0 Å². The molecule has 0 rings (SSSR count). The Kier molecular flexibility index (Phi) is 5.97. The SMILES string of the molecule is C=C(CC[Si](C)(OC)OC)OOC. The summed E-state index contributed by atoms with van der Waals surface area (Å²) in [5.41, 5.74) is 0. The Morgan fingerprint density at radius 3 is 2.15 bits per heavy atom. The largest absolute Gasteiger partial charge is 0.398 e. The van der Waals surface area contributed by atoms with Crippen LogP contribution in [0.25, 0.3) is 0 Å². The van der Waals surface area contributed by atoms with Gasteiger partial charge in [-0.1, -0.05) is 6.58 Å². The third-order valence-corrected chi connectivity index (χ3v) is 4.81. The van der Waals surface area contributed by atoms with Gasteiger partial charge in [0.1, 0.15) is 5.76 Å². The Balaban J connectivity index is 3.78. The molecule has 4 nitrogen and oxygen atoms in total. The second-order valence-electron chi connectivity index (χ2n) is 2.83. The lowest BCUT2D eigenvalue weighted by molar-refractivity contribution is -0.238. The maximum atomic E-state index is 5.29. The fourth-order valence-corrected chi connectivity index (χ4v) is 2.12. The van der Waals surface area contributed by atoms with Crippen LogP contribution in [0.1, 0.15) is 6.42 Å². The zero-order chi connectivity index (χ0) is 10.3. The Morgan fingerprint density at radius 1 is 1.23 bits per heavy atom. The molecule has 0 atom stereocenters. The Morgan fingerprint density at radius 2 is 1.77 bits per heavy atom. The summed E-state index contributed by atoms with van der Waals surface area (Å²) in [5, 5.41) is 0. The fourth-order valence-electron chi connectivity index (χ4n) is 0.813. The van der Waals surface area contributed by atoms with Gasteiger partial charge >= 0.3 is 8.56 Å². The smallest absolute Gasteiger partial charge is 0.334 e. The lowest BCUT2D eigenvalue weighted by Crippen LogP contribution is -2.35. The van der Waals surface area contributed by atoms with E-state index in [0.29, 0.717) is 12.2 Å². The van der Waals surface area contributed by atoms with Crippen molar-refractivity contribution in [1.82, 2.24) is 0 Å². The average molecular weight is 206 g/mol. The van der Waals surface area contributed by atoms with Crippen molar-refractivity contribution < 1.29 is 18.6 Å². The topological polar surface area (TPSA) is 36.9 Å². The summed E-state index contributed by atoms with van der Waals surface area (Å²) in [6.45, 7) is 5.67. The average Bonchev–Trinajstić information content (AvgIpc) is 2.15. The van der Waals surface area contributed by atoms with E-state index < -0.39 is 8.56 Å². The van der Waals surface area contributed by atoms with Crippen LogP contribution >= 0.6 is 0 Å². The van der Waals surface area contributed by atoms with Crippen molar-refractivity contribution in [3.8, 4) is 0 Å². The lowest BCUT2D eigenvalue weighted by atomic mass is 10.4. The van der Waals surface area contributed by atoms with E-state index in [1.54, 1.807) is 14.2 Å². The summed E-state index contributed by atoms with van der Waals surface area (Å²) in [5.74, 6) is 0.593. The zero-order valence-electron chi connectivity index (χ0n) is 8.75. The van der Waals surface area contributed by atoms with Crippen LogP contribution in [0.15, 0.2) is 12.3 Å².